The fraction of sp³-hybridized carbons (Fsp3) is 0.800. The van der Waals surface area contributed by atoms with Crippen LogP contribution in [0.3, 0.4) is 0 Å². The molecule has 0 amide bonds. The molecule has 4 heteroatoms. The van der Waals surface area contributed by atoms with Crippen molar-refractivity contribution in [1.29, 1.82) is 5.26 Å². The zero-order valence-electron chi connectivity index (χ0n) is 9.07. The standard InChI is InChI=1S/C10H17NO3/c1-7(2)14-9(13)5-8(12)10(3,4)6-11/h7-8,12H,5H2,1-4H3. The lowest BCUT2D eigenvalue weighted by Crippen LogP contribution is -2.31. The first-order valence-electron chi connectivity index (χ1n) is 4.58. The van der Waals surface area contributed by atoms with Crippen LogP contribution in [0.25, 0.3) is 0 Å². The van der Waals surface area contributed by atoms with Gasteiger partial charge < -0.3 is 9.84 Å². The largest absolute Gasteiger partial charge is 0.463 e. The summed E-state index contributed by atoms with van der Waals surface area (Å²) >= 11 is 0. The lowest BCUT2D eigenvalue weighted by molar-refractivity contribution is -0.150. The second-order valence-corrected chi connectivity index (χ2v) is 4.09. The van der Waals surface area contributed by atoms with Gasteiger partial charge in [0.2, 0.25) is 0 Å². The predicted molar refractivity (Wildman–Crippen MR) is 51.2 cm³/mol. The highest BCUT2D eigenvalue weighted by Gasteiger charge is 2.30. The highest BCUT2D eigenvalue weighted by Crippen LogP contribution is 2.21. The van der Waals surface area contributed by atoms with Gasteiger partial charge in [-0.2, -0.15) is 5.26 Å². The van der Waals surface area contributed by atoms with Gasteiger partial charge in [0, 0.05) is 0 Å². The number of carbonyl (C=O) groups is 1. The summed E-state index contributed by atoms with van der Waals surface area (Å²) in [5.41, 5.74) is -0.921. The predicted octanol–water partition coefficient (Wildman–Crippen LogP) is 1.24. The molecule has 14 heavy (non-hydrogen) atoms. The average molecular weight is 199 g/mol. The van der Waals surface area contributed by atoms with Crippen LogP contribution < -0.4 is 0 Å². The van der Waals surface area contributed by atoms with Crippen molar-refractivity contribution >= 4 is 5.97 Å². The maximum absolute atomic E-state index is 11.1. The van der Waals surface area contributed by atoms with Crippen molar-refractivity contribution < 1.29 is 14.6 Å². The topological polar surface area (TPSA) is 70.3 Å². The maximum Gasteiger partial charge on any atom is 0.308 e. The number of carbonyl (C=O) groups excluding carboxylic acids is 1. The number of nitrogens with zero attached hydrogens (tertiary/aromatic N) is 1. The normalized spacial score (nSPS) is 13.5. The second kappa shape index (κ2) is 4.97. The third-order valence-electron chi connectivity index (χ3n) is 1.85. The van der Waals surface area contributed by atoms with Gasteiger partial charge in [-0.15, -0.1) is 0 Å². The Labute approximate surface area is 84.5 Å². The molecule has 0 bridgehead atoms. The molecule has 4 nitrogen and oxygen atoms in total. The molecular formula is C10H17NO3. The Morgan fingerprint density at radius 1 is 1.57 bits per heavy atom. The van der Waals surface area contributed by atoms with Crippen LogP contribution in [-0.2, 0) is 9.53 Å². The van der Waals surface area contributed by atoms with E-state index in [4.69, 9.17) is 10.00 Å². The molecule has 0 fully saturated rings. The summed E-state index contributed by atoms with van der Waals surface area (Å²) in [6.45, 7) is 6.64. The first-order valence-corrected chi connectivity index (χ1v) is 4.58. The Kier molecular flexibility index (Phi) is 4.58. The van der Waals surface area contributed by atoms with Crippen molar-refractivity contribution in [3.05, 3.63) is 0 Å². The minimum absolute atomic E-state index is 0.140. The monoisotopic (exact) mass is 199 g/mol. The van der Waals surface area contributed by atoms with E-state index >= 15 is 0 Å². The molecule has 0 aliphatic heterocycles. The van der Waals surface area contributed by atoms with E-state index in [1.165, 1.54) is 0 Å². The summed E-state index contributed by atoms with van der Waals surface area (Å²) in [7, 11) is 0. The van der Waals surface area contributed by atoms with Crippen molar-refractivity contribution in [3.63, 3.8) is 0 Å². The molecule has 0 aliphatic rings. The van der Waals surface area contributed by atoms with Crippen LogP contribution in [0.2, 0.25) is 0 Å². The van der Waals surface area contributed by atoms with E-state index in [9.17, 15) is 9.90 Å². The van der Waals surface area contributed by atoms with E-state index in [-0.39, 0.29) is 12.5 Å². The number of ether oxygens (including phenoxy) is 1. The molecule has 0 aromatic rings. The molecule has 80 valence electrons. The quantitative estimate of drug-likeness (QED) is 0.691. The molecular weight excluding hydrogens is 182 g/mol. The smallest absolute Gasteiger partial charge is 0.308 e. The van der Waals surface area contributed by atoms with Gasteiger partial charge in [-0.1, -0.05) is 0 Å². The van der Waals surface area contributed by atoms with E-state index in [1.807, 2.05) is 6.07 Å². The Bertz CT molecular complexity index is 240. The zero-order chi connectivity index (χ0) is 11.4. The minimum atomic E-state index is -0.987. The number of nitriles is 1. The van der Waals surface area contributed by atoms with E-state index in [0.29, 0.717) is 0 Å². The van der Waals surface area contributed by atoms with Crippen LogP contribution in [0, 0.1) is 16.7 Å². The van der Waals surface area contributed by atoms with Crippen LogP contribution >= 0.6 is 0 Å². The summed E-state index contributed by atoms with van der Waals surface area (Å²) in [6.07, 6.45) is -1.32. The lowest BCUT2D eigenvalue weighted by Gasteiger charge is -2.22. The van der Waals surface area contributed by atoms with Crippen LogP contribution in [0.15, 0.2) is 0 Å². The van der Waals surface area contributed by atoms with E-state index in [2.05, 4.69) is 0 Å². The first-order chi connectivity index (χ1) is 6.29. The Morgan fingerprint density at radius 3 is 2.43 bits per heavy atom. The summed E-state index contributed by atoms with van der Waals surface area (Å²) in [4.78, 5) is 11.1. The van der Waals surface area contributed by atoms with Gasteiger partial charge in [-0.3, -0.25) is 4.79 Å². The number of hydrogen-bond donors (Lipinski definition) is 1. The lowest BCUT2D eigenvalue weighted by atomic mass is 9.86. The van der Waals surface area contributed by atoms with Crippen molar-refractivity contribution in [3.8, 4) is 6.07 Å². The van der Waals surface area contributed by atoms with Gasteiger partial charge in [0.15, 0.2) is 0 Å². The summed E-state index contributed by atoms with van der Waals surface area (Å²) in [5, 5.41) is 18.2. The van der Waals surface area contributed by atoms with Gasteiger partial charge in [0.25, 0.3) is 0 Å². The fourth-order valence-electron chi connectivity index (χ4n) is 0.799. The molecule has 1 unspecified atom stereocenters. The third-order valence-corrected chi connectivity index (χ3v) is 1.85. The Hall–Kier alpha value is -1.08. The molecule has 0 radical (unpaired) electrons. The van der Waals surface area contributed by atoms with Crippen molar-refractivity contribution in [2.75, 3.05) is 0 Å². The van der Waals surface area contributed by atoms with E-state index in [1.54, 1.807) is 27.7 Å². The van der Waals surface area contributed by atoms with Gasteiger partial charge in [0.1, 0.15) is 0 Å². The number of esters is 1. The number of aliphatic hydroxyl groups is 1. The molecule has 0 heterocycles. The number of hydrogen-bond acceptors (Lipinski definition) is 4. The van der Waals surface area contributed by atoms with E-state index < -0.39 is 17.5 Å². The second-order valence-electron chi connectivity index (χ2n) is 4.09. The molecule has 0 saturated carbocycles. The molecule has 0 rings (SSSR count). The molecule has 0 aromatic heterocycles. The minimum Gasteiger partial charge on any atom is -0.463 e. The molecule has 0 saturated heterocycles. The summed E-state index contributed by atoms with van der Waals surface area (Å²) < 4.78 is 4.85. The number of rotatable bonds is 4. The van der Waals surface area contributed by atoms with Gasteiger partial charge in [0.05, 0.1) is 30.1 Å². The molecule has 1 N–H and O–H groups in total. The highest BCUT2D eigenvalue weighted by molar-refractivity contribution is 5.70. The SMILES string of the molecule is CC(C)OC(=O)CC(O)C(C)(C)C#N. The summed E-state index contributed by atoms with van der Waals surface area (Å²) in [6, 6.07) is 1.94. The molecule has 0 aromatic carbocycles. The van der Waals surface area contributed by atoms with Gasteiger partial charge >= 0.3 is 5.97 Å². The zero-order valence-corrected chi connectivity index (χ0v) is 9.07. The van der Waals surface area contributed by atoms with Crippen molar-refractivity contribution in [2.45, 2.75) is 46.3 Å². The molecule has 0 aliphatic carbocycles. The molecule has 1 atom stereocenters. The first kappa shape index (κ1) is 12.9. The molecule has 0 spiro atoms. The van der Waals surface area contributed by atoms with Gasteiger partial charge in [-0.25, -0.2) is 0 Å². The van der Waals surface area contributed by atoms with E-state index in [0.717, 1.165) is 0 Å². The average Bonchev–Trinajstić information content (AvgIpc) is 2.02. The van der Waals surface area contributed by atoms with Crippen LogP contribution in [0.5, 0.6) is 0 Å². The Morgan fingerprint density at radius 2 is 2.07 bits per heavy atom. The third kappa shape index (κ3) is 4.24. The maximum atomic E-state index is 11.1. The van der Waals surface area contributed by atoms with Gasteiger partial charge in [-0.05, 0) is 27.7 Å². The van der Waals surface area contributed by atoms with Crippen molar-refractivity contribution in [1.82, 2.24) is 0 Å². The van der Waals surface area contributed by atoms with Crippen LogP contribution in [0.1, 0.15) is 34.1 Å². The van der Waals surface area contributed by atoms with Crippen LogP contribution in [-0.4, -0.2) is 23.3 Å². The summed E-state index contributed by atoms with van der Waals surface area (Å²) in [5.74, 6) is -0.476. The fourth-order valence-corrected chi connectivity index (χ4v) is 0.799. The number of aliphatic hydroxyl groups excluding tert-OH is 1. The van der Waals surface area contributed by atoms with Crippen molar-refractivity contribution in [2.24, 2.45) is 5.41 Å². The van der Waals surface area contributed by atoms with Crippen LogP contribution in [0.4, 0.5) is 0 Å². The highest BCUT2D eigenvalue weighted by atomic mass is 16.5. The Balaban J connectivity index is 4.14.